The molecule has 1 heterocycles. The van der Waals surface area contributed by atoms with Gasteiger partial charge in [-0.1, -0.05) is 70.7 Å². The van der Waals surface area contributed by atoms with Crippen molar-refractivity contribution in [3.8, 4) is 11.5 Å². The third-order valence-electron chi connectivity index (χ3n) is 9.36. The molecule has 0 radical (unpaired) electrons. The van der Waals surface area contributed by atoms with Crippen molar-refractivity contribution in [2.24, 2.45) is 0 Å². The van der Waals surface area contributed by atoms with Crippen molar-refractivity contribution in [3.63, 3.8) is 0 Å². The van der Waals surface area contributed by atoms with E-state index in [-0.39, 0.29) is 13.1 Å². The molecule has 0 aliphatic rings. The van der Waals surface area contributed by atoms with Crippen LogP contribution in [-0.2, 0) is 32.2 Å². The second-order valence-corrected chi connectivity index (χ2v) is 15.2. The first kappa shape index (κ1) is 45.3. The minimum absolute atomic E-state index is 0.0976. The fourth-order valence-corrected chi connectivity index (χ4v) is 6.86. The summed E-state index contributed by atoms with van der Waals surface area (Å²) in [6.07, 6.45) is 0.145. The van der Waals surface area contributed by atoms with Crippen LogP contribution in [0, 0.1) is 6.92 Å². The van der Waals surface area contributed by atoms with Gasteiger partial charge in [0, 0.05) is 44.9 Å². The molecule has 0 aliphatic carbocycles. The van der Waals surface area contributed by atoms with Crippen molar-refractivity contribution < 1.29 is 28.5 Å². The summed E-state index contributed by atoms with van der Waals surface area (Å²) in [7, 11) is 2.56. The van der Waals surface area contributed by atoms with Crippen LogP contribution in [0.25, 0.3) is 0 Å². The molecule has 0 saturated heterocycles. The SMILES string of the molecule is COC(=O)C(Oc1ccc(Cl)cc1)C(NCCCn1cc(C)c(=O)n(CCCNC(c2ccc(Cl)cc2)C(Oc2ccc(Cl)cc2)C(=O)OC)c1=O)c1ccc(Cl)cc1. The van der Waals surface area contributed by atoms with Crippen LogP contribution in [0.2, 0.25) is 20.1 Å². The summed E-state index contributed by atoms with van der Waals surface area (Å²) < 4.78 is 25.2. The van der Waals surface area contributed by atoms with E-state index in [2.05, 4.69) is 10.6 Å². The van der Waals surface area contributed by atoms with E-state index in [0.29, 0.717) is 68.6 Å². The first-order valence-electron chi connectivity index (χ1n) is 18.7. The lowest BCUT2D eigenvalue weighted by Crippen LogP contribution is -2.44. The number of methoxy groups -OCH3 is 2. The second kappa shape index (κ2) is 22.0. The second-order valence-electron chi connectivity index (χ2n) is 13.4. The molecule has 1 aromatic heterocycles. The van der Waals surface area contributed by atoms with Crippen molar-refractivity contribution in [3.05, 3.63) is 161 Å². The Morgan fingerprint density at radius 1 is 0.593 bits per heavy atom. The molecule has 0 amide bonds. The Bertz CT molecular complexity index is 2270. The first-order chi connectivity index (χ1) is 28.4. The fourth-order valence-electron chi connectivity index (χ4n) is 6.35. The van der Waals surface area contributed by atoms with Gasteiger partial charge in [-0.15, -0.1) is 0 Å². The van der Waals surface area contributed by atoms with Gasteiger partial charge in [0.25, 0.3) is 5.56 Å². The Morgan fingerprint density at radius 3 is 1.36 bits per heavy atom. The lowest BCUT2D eigenvalue weighted by atomic mass is 10.0. The molecule has 0 fully saturated rings. The highest BCUT2D eigenvalue weighted by molar-refractivity contribution is 6.31. The summed E-state index contributed by atoms with van der Waals surface area (Å²) in [6, 6.07) is 25.8. The smallest absolute Gasteiger partial charge is 0.349 e. The fraction of sp³-hybridized carbons (Fsp3) is 0.302. The maximum atomic E-state index is 13.7. The molecule has 0 aliphatic heterocycles. The molecule has 312 valence electrons. The summed E-state index contributed by atoms with van der Waals surface area (Å²) in [5.41, 5.74) is 0.950. The molecule has 59 heavy (non-hydrogen) atoms. The largest absolute Gasteiger partial charge is 0.477 e. The monoisotopic (exact) mass is 884 g/mol. The summed E-state index contributed by atoms with van der Waals surface area (Å²) >= 11 is 24.5. The van der Waals surface area contributed by atoms with E-state index >= 15 is 0 Å². The van der Waals surface area contributed by atoms with E-state index in [4.69, 9.17) is 65.4 Å². The van der Waals surface area contributed by atoms with E-state index in [1.807, 2.05) is 0 Å². The van der Waals surface area contributed by atoms with Gasteiger partial charge in [-0.25, -0.2) is 14.4 Å². The number of hydrogen-bond donors (Lipinski definition) is 2. The number of hydrogen-bond acceptors (Lipinski definition) is 10. The van der Waals surface area contributed by atoms with E-state index in [0.717, 1.165) is 5.56 Å². The number of ether oxygens (including phenoxy) is 4. The van der Waals surface area contributed by atoms with E-state index in [1.165, 1.54) is 23.4 Å². The number of rotatable bonds is 20. The van der Waals surface area contributed by atoms with E-state index < -0.39 is 47.5 Å². The van der Waals surface area contributed by atoms with Crippen molar-refractivity contribution in [2.45, 2.75) is 57.1 Å². The van der Waals surface area contributed by atoms with Crippen molar-refractivity contribution in [1.29, 1.82) is 0 Å². The Kier molecular flexibility index (Phi) is 16.9. The van der Waals surface area contributed by atoms with Crippen molar-refractivity contribution in [2.75, 3.05) is 27.3 Å². The Labute approximate surface area is 361 Å². The molecule has 5 aromatic rings. The van der Waals surface area contributed by atoms with Gasteiger partial charge in [-0.05, 0) is 117 Å². The first-order valence-corrected chi connectivity index (χ1v) is 20.2. The molecule has 0 spiro atoms. The van der Waals surface area contributed by atoms with Crippen LogP contribution in [0.1, 0.15) is 41.6 Å². The maximum absolute atomic E-state index is 13.7. The Balaban J connectivity index is 1.28. The normalized spacial score (nSPS) is 13.2. The number of benzene rings is 4. The zero-order valence-corrected chi connectivity index (χ0v) is 35.6. The summed E-state index contributed by atoms with van der Waals surface area (Å²) in [6.45, 7) is 2.66. The molecule has 12 nitrogen and oxygen atoms in total. The summed E-state index contributed by atoms with van der Waals surface area (Å²) in [5.74, 6) is -0.396. The average Bonchev–Trinajstić information content (AvgIpc) is 3.24. The van der Waals surface area contributed by atoms with Gasteiger partial charge in [0.15, 0.2) is 0 Å². The molecule has 4 unspecified atom stereocenters. The standard InChI is InChI=1S/C43H44Cl4N4O8/c1-27-26-50(24-4-22-48-36(28-6-10-30(44)11-7-28)38(41(53)56-2)58-34-18-14-32(46)15-19-34)43(55)51(40(27)52)25-5-23-49-37(29-8-12-31(45)13-9-29)39(42(54)57-3)59-35-20-16-33(47)17-21-35/h6-21,26,36-39,48-49H,4-5,22-25H2,1-3H3. The molecule has 5 rings (SSSR count). The number of nitrogens with zero attached hydrogens (tertiary/aromatic N) is 2. The van der Waals surface area contributed by atoms with Crippen LogP contribution in [0.15, 0.2) is 113 Å². The summed E-state index contributed by atoms with van der Waals surface area (Å²) in [5, 5.41) is 8.82. The predicted molar refractivity (Wildman–Crippen MR) is 229 cm³/mol. The van der Waals surface area contributed by atoms with E-state index in [9.17, 15) is 19.2 Å². The molecular weight excluding hydrogens is 842 g/mol. The molecule has 16 heteroatoms. The van der Waals surface area contributed by atoms with Gasteiger partial charge in [0.05, 0.1) is 26.3 Å². The van der Waals surface area contributed by atoms with Crippen LogP contribution >= 0.6 is 46.4 Å². The zero-order valence-electron chi connectivity index (χ0n) is 32.5. The minimum Gasteiger partial charge on any atom is -0.477 e. The van der Waals surface area contributed by atoms with Crippen LogP contribution in [-0.4, -0.2) is 60.6 Å². The third kappa shape index (κ3) is 12.6. The maximum Gasteiger partial charge on any atom is 0.349 e. The van der Waals surface area contributed by atoms with Gasteiger partial charge in [-0.3, -0.25) is 9.36 Å². The van der Waals surface area contributed by atoms with Gasteiger partial charge in [-0.2, -0.15) is 0 Å². The van der Waals surface area contributed by atoms with Crippen LogP contribution < -0.4 is 31.4 Å². The minimum atomic E-state index is -1.11. The molecule has 4 atom stereocenters. The predicted octanol–water partition coefficient (Wildman–Crippen LogP) is 7.62. The molecular formula is C43H44Cl4N4O8. The topological polar surface area (TPSA) is 139 Å². The summed E-state index contributed by atoms with van der Waals surface area (Å²) in [4.78, 5) is 53.2. The number of halogens is 4. The van der Waals surface area contributed by atoms with Gasteiger partial charge < -0.3 is 34.1 Å². The highest BCUT2D eigenvalue weighted by atomic mass is 35.5. The lowest BCUT2D eigenvalue weighted by molar-refractivity contribution is -0.151. The highest BCUT2D eigenvalue weighted by Crippen LogP contribution is 2.28. The number of esters is 2. The van der Waals surface area contributed by atoms with Gasteiger partial charge in [0.1, 0.15) is 11.5 Å². The molecule has 0 saturated carbocycles. The lowest BCUT2D eigenvalue weighted by Gasteiger charge is -2.28. The van der Waals surface area contributed by atoms with Gasteiger partial charge >= 0.3 is 17.6 Å². The molecule has 0 bridgehead atoms. The van der Waals surface area contributed by atoms with Crippen molar-refractivity contribution in [1.82, 2.24) is 19.8 Å². The zero-order chi connectivity index (χ0) is 42.5. The average molecular weight is 887 g/mol. The third-order valence-corrected chi connectivity index (χ3v) is 10.4. The number of carbonyl (C=O) groups excluding carboxylic acids is 2. The van der Waals surface area contributed by atoms with Crippen molar-refractivity contribution >= 4 is 58.3 Å². The van der Waals surface area contributed by atoms with Crippen LogP contribution in [0.5, 0.6) is 11.5 Å². The number of aromatic nitrogens is 2. The Morgan fingerprint density at radius 2 is 0.966 bits per heavy atom. The highest BCUT2D eigenvalue weighted by Gasteiger charge is 2.34. The number of nitrogens with one attached hydrogen (secondary N) is 2. The van der Waals surface area contributed by atoms with Gasteiger partial charge in [0.2, 0.25) is 12.2 Å². The van der Waals surface area contributed by atoms with E-state index in [1.54, 1.807) is 110 Å². The quantitative estimate of drug-likeness (QED) is 0.0593. The van der Waals surface area contributed by atoms with Crippen LogP contribution in [0.3, 0.4) is 0 Å². The molecule has 4 aromatic carbocycles. The number of aryl methyl sites for hydroxylation is 2. The number of carbonyl (C=O) groups is 2. The van der Waals surface area contributed by atoms with Crippen LogP contribution in [0.4, 0.5) is 0 Å². The Hall–Kier alpha value is -4.82. The molecule has 2 N–H and O–H groups in total.